The Morgan fingerprint density at radius 1 is 1.53 bits per heavy atom. The van der Waals surface area contributed by atoms with E-state index >= 15 is 0 Å². The normalized spacial score (nSPS) is 20.2. The number of thiazole rings is 1. The maximum Gasteiger partial charge on any atom is 0.0968 e. The van der Waals surface area contributed by atoms with Crippen molar-refractivity contribution >= 4 is 11.3 Å². The first-order valence-corrected chi connectivity index (χ1v) is 7.73. The Hall–Kier alpha value is -1.20. The Balaban J connectivity index is 1.62. The van der Waals surface area contributed by atoms with Gasteiger partial charge in [-0.3, -0.25) is 5.10 Å². The molecule has 4 nitrogen and oxygen atoms in total. The fraction of sp³-hybridized carbons (Fsp3) is 0.571. The third-order valence-electron chi connectivity index (χ3n) is 3.77. The van der Waals surface area contributed by atoms with E-state index in [2.05, 4.69) is 34.3 Å². The molecule has 0 spiro atoms. The molecule has 3 rings (SSSR count). The van der Waals surface area contributed by atoms with E-state index in [0.29, 0.717) is 12.0 Å². The predicted molar refractivity (Wildman–Crippen MR) is 77.5 cm³/mol. The maximum absolute atomic E-state index is 4.47. The van der Waals surface area contributed by atoms with Crippen molar-refractivity contribution in [1.29, 1.82) is 0 Å². The molecule has 1 aliphatic carbocycles. The molecule has 0 bridgehead atoms. The van der Waals surface area contributed by atoms with E-state index in [0.717, 1.165) is 13.0 Å². The van der Waals surface area contributed by atoms with Gasteiger partial charge < -0.3 is 5.32 Å². The van der Waals surface area contributed by atoms with Crippen LogP contribution in [0.5, 0.6) is 0 Å². The fourth-order valence-electron chi connectivity index (χ4n) is 2.67. The summed E-state index contributed by atoms with van der Waals surface area (Å²) in [6, 6.07) is 0.426. The van der Waals surface area contributed by atoms with Gasteiger partial charge in [0.2, 0.25) is 0 Å². The Labute approximate surface area is 117 Å². The van der Waals surface area contributed by atoms with E-state index in [9.17, 15) is 0 Å². The lowest BCUT2D eigenvalue weighted by molar-refractivity contribution is 0.437. The molecule has 0 aromatic carbocycles. The summed E-state index contributed by atoms with van der Waals surface area (Å²) in [6.45, 7) is 5.32. The van der Waals surface area contributed by atoms with Gasteiger partial charge in [0.1, 0.15) is 0 Å². The van der Waals surface area contributed by atoms with Crippen molar-refractivity contribution in [1.82, 2.24) is 20.5 Å². The third kappa shape index (κ3) is 2.72. The summed E-state index contributed by atoms with van der Waals surface area (Å²) in [4.78, 5) is 5.76. The molecule has 1 aliphatic rings. The molecule has 102 valence electrons. The molecular weight excluding hydrogens is 256 g/mol. The highest BCUT2D eigenvalue weighted by Gasteiger charge is 2.22. The second-order valence-corrected chi connectivity index (χ2v) is 6.64. The number of fused-ring (bicyclic) bond motifs is 1. The van der Waals surface area contributed by atoms with E-state index < -0.39 is 0 Å². The lowest BCUT2D eigenvalue weighted by atomic mass is 9.93. The Morgan fingerprint density at radius 3 is 3.21 bits per heavy atom. The highest BCUT2D eigenvalue weighted by atomic mass is 32.1. The van der Waals surface area contributed by atoms with Crippen molar-refractivity contribution in [3.8, 4) is 0 Å². The molecule has 2 aromatic heterocycles. The van der Waals surface area contributed by atoms with Crippen LogP contribution in [0.25, 0.3) is 0 Å². The van der Waals surface area contributed by atoms with Crippen molar-refractivity contribution in [2.45, 2.75) is 45.1 Å². The van der Waals surface area contributed by atoms with E-state index in [1.165, 1.54) is 34.0 Å². The topological polar surface area (TPSA) is 53.6 Å². The Morgan fingerprint density at radius 2 is 2.42 bits per heavy atom. The van der Waals surface area contributed by atoms with Gasteiger partial charge in [-0.25, -0.2) is 4.98 Å². The van der Waals surface area contributed by atoms with Gasteiger partial charge in [-0.05, 0) is 31.7 Å². The number of hydrogen-bond acceptors (Lipinski definition) is 4. The average Bonchev–Trinajstić information content (AvgIpc) is 3.04. The van der Waals surface area contributed by atoms with Gasteiger partial charge in [0, 0.05) is 29.6 Å². The summed E-state index contributed by atoms with van der Waals surface area (Å²) in [6.07, 6.45) is 7.53. The van der Waals surface area contributed by atoms with E-state index in [-0.39, 0.29) is 0 Å². The first kappa shape index (κ1) is 12.8. The van der Waals surface area contributed by atoms with Crippen molar-refractivity contribution < 1.29 is 0 Å². The molecule has 2 unspecified atom stereocenters. The van der Waals surface area contributed by atoms with Crippen LogP contribution in [0.2, 0.25) is 0 Å². The Bertz CT molecular complexity index is 545. The molecule has 0 fully saturated rings. The largest absolute Gasteiger partial charge is 0.308 e. The van der Waals surface area contributed by atoms with Gasteiger partial charge in [-0.15, -0.1) is 11.3 Å². The predicted octanol–water partition coefficient (Wildman–Crippen LogP) is 2.95. The molecule has 0 amide bonds. The standard InChI is InChI=1S/C14H20N4S/c1-9(14-16-7-10(2)19-14)6-15-12-5-3-4-11-8-17-18-13(11)12/h7-9,12,15H,3-6H2,1-2H3,(H,17,18). The summed E-state index contributed by atoms with van der Waals surface area (Å²) in [5, 5.41) is 12.2. The molecular formula is C14H20N4S. The van der Waals surface area contributed by atoms with Crippen LogP contribution in [0.4, 0.5) is 0 Å². The first-order chi connectivity index (χ1) is 9.24. The minimum Gasteiger partial charge on any atom is -0.308 e. The van der Waals surface area contributed by atoms with Gasteiger partial charge in [0.15, 0.2) is 0 Å². The second-order valence-electron chi connectivity index (χ2n) is 5.37. The van der Waals surface area contributed by atoms with Crippen molar-refractivity contribution in [3.63, 3.8) is 0 Å². The summed E-state index contributed by atoms with van der Waals surface area (Å²) < 4.78 is 0. The quantitative estimate of drug-likeness (QED) is 0.902. The van der Waals surface area contributed by atoms with Crippen LogP contribution < -0.4 is 5.32 Å². The van der Waals surface area contributed by atoms with Crippen LogP contribution in [-0.4, -0.2) is 21.7 Å². The zero-order valence-electron chi connectivity index (χ0n) is 11.4. The fourth-order valence-corrected chi connectivity index (χ4v) is 3.50. The molecule has 19 heavy (non-hydrogen) atoms. The maximum atomic E-state index is 4.47. The second kappa shape index (κ2) is 5.43. The zero-order valence-corrected chi connectivity index (χ0v) is 12.3. The van der Waals surface area contributed by atoms with Crippen molar-refractivity contribution in [3.05, 3.63) is 33.5 Å². The third-order valence-corrected chi connectivity index (χ3v) is 4.91. The SMILES string of the molecule is Cc1cnc(C(C)CNC2CCCc3cn[nH]c32)s1. The highest BCUT2D eigenvalue weighted by Crippen LogP contribution is 2.28. The van der Waals surface area contributed by atoms with Crippen LogP contribution in [-0.2, 0) is 6.42 Å². The minimum atomic E-state index is 0.426. The number of H-pyrrole nitrogens is 1. The highest BCUT2D eigenvalue weighted by molar-refractivity contribution is 7.11. The van der Waals surface area contributed by atoms with Gasteiger partial charge in [-0.1, -0.05) is 6.92 Å². The number of hydrogen-bond donors (Lipinski definition) is 2. The minimum absolute atomic E-state index is 0.426. The molecule has 0 saturated heterocycles. The summed E-state index contributed by atoms with van der Waals surface area (Å²) in [5.41, 5.74) is 2.66. The van der Waals surface area contributed by atoms with Gasteiger partial charge in [0.05, 0.1) is 16.9 Å². The number of nitrogens with zero attached hydrogens (tertiary/aromatic N) is 2. The summed E-state index contributed by atoms with van der Waals surface area (Å²) in [7, 11) is 0. The molecule has 5 heteroatoms. The monoisotopic (exact) mass is 276 g/mol. The van der Waals surface area contributed by atoms with Crippen molar-refractivity contribution in [2.24, 2.45) is 0 Å². The molecule has 2 aromatic rings. The van der Waals surface area contributed by atoms with Crippen LogP contribution >= 0.6 is 11.3 Å². The lowest BCUT2D eigenvalue weighted by Crippen LogP contribution is -2.28. The van der Waals surface area contributed by atoms with Crippen LogP contribution in [0, 0.1) is 6.92 Å². The number of aromatic nitrogens is 3. The molecule has 0 aliphatic heterocycles. The van der Waals surface area contributed by atoms with E-state index in [1.54, 1.807) is 11.3 Å². The zero-order chi connectivity index (χ0) is 13.2. The Kier molecular flexibility index (Phi) is 3.66. The lowest BCUT2D eigenvalue weighted by Gasteiger charge is -2.24. The smallest absolute Gasteiger partial charge is 0.0968 e. The average molecular weight is 276 g/mol. The van der Waals surface area contributed by atoms with E-state index in [4.69, 9.17) is 0 Å². The molecule has 0 saturated carbocycles. The van der Waals surface area contributed by atoms with Gasteiger partial charge >= 0.3 is 0 Å². The van der Waals surface area contributed by atoms with E-state index in [1.807, 2.05) is 12.4 Å². The van der Waals surface area contributed by atoms with Crippen LogP contribution in [0.1, 0.15) is 52.9 Å². The molecule has 2 N–H and O–H groups in total. The van der Waals surface area contributed by atoms with Gasteiger partial charge in [-0.2, -0.15) is 5.10 Å². The summed E-state index contributed by atoms with van der Waals surface area (Å²) >= 11 is 1.80. The molecule has 0 radical (unpaired) electrons. The number of nitrogens with one attached hydrogen (secondary N) is 2. The summed E-state index contributed by atoms with van der Waals surface area (Å²) in [5.74, 6) is 0.465. The number of aryl methyl sites for hydroxylation is 2. The van der Waals surface area contributed by atoms with Crippen LogP contribution in [0.3, 0.4) is 0 Å². The molecule has 2 heterocycles. The number of rotatable bonds is 4. The van der Waals surface area contributed by atoms with Crippen LogP contribution in [0.15, 0.2) is 12.4 Å². The molecule has 2 atom stereocenters. The van der Waals surface area contributed by atoms with Gasteiger partial charge in [0.25, 0.3) is 0 Å². The van der Waals surface area contributed by atoms with Crippen molar-refractivity contribution in [2.75, 3.05) is 6.54 Å². The first-order valence-electron chi connectivity index (χ1n) is 6.92. The number of aromatic amines is 1.